The minimum Gasteiger partial charge on any atom is -0.377 e. The first-order chi connectivity index (χ1) is 9.79. The van der Waals surface area contributed by atoms with Gasteiger partial charge in [0.25, 0.3) is 0 Å². The average Bonchev–Trinajstić information content (AvgIpc) is 2.42. The molecule has 6 heteroatoms. The van der Waals surface area contributed by atoms with Crippen LogP contribution < -0.4 is 5.32 Å². The van der Waals surface area contributed by atoms with Crippen LogP contribution in [0.1, 0.15) is 18.5 Å². The molecule has 0 spiro atoms. The maximum Gasteiger partial charge on any atom is 0.175 e. The van der Waals surface area contributed by atoms with E-state index in [9.17, 15) is 8.42 Å². The van der Waals surface area contributed by atoms with Crippen molar-refractivity contribution in [1.82, 2.24) is 0 Å². The summed E-state index contributed by atoms with van der Waals surface area (Å²) in [6, 6.07) is 12.9. The molecule has 0 aliphatic heterocycles. The van der Waals surface area contributed by atoms with Crippen molar-refractivity contribution in [2.24, 2.45) is 0 Å². The van der Waals surface area contributed by atoms with E-state index in [4.69, 9.17) is 0 Å². The molecular weight excluding hydrogens is 418 g/mol. The number of anilines is 1. The Hall–Kier alpha value is -0.850. The molecule has 112 valence electrons. The molecule has 1 atom stereocenters. The van der Waals surface area contributed by atoms with Gasteiger partial charge in [0.2, 0.25) is 0 Å². The number of para-hydroxylation sites is 1. The fraction of sp³-hybridized carbons (Fsp3) is 0.200. The van der Waals surface area contributed by atoms with E-state index in [-0.39, 0.29) is 6.04 Å². The van der Waals surface area contributed by atoms with Crippen LogP contribution in [0.4, 0.5) is 5.69 Å². The quantitative estimate of drug-likeness (QED) is 0.755. The molecule has 0 amide bonds. The lowest BCUT2D eigenvalue weighted by Gasteiger charge is -2.18. The smallest absolute Gasteiger partial charge is 0.175 e. The fourth-order valence-electron chi connectivity index (χ4n) is 1.94. The van der Waals surface area contributed by atoms with Gasteiger partial charge in [-0.25, -0.2) is 8.42 Å². The molecule has 0 fully saturated rings. The Balaban J connectivity index is 2.23. The number of hydrogen-bond acceptors (Lipinski definition) is 3. The summed E-state index contributed by atoms with van der Waals surface area (Å²) >= 11 is 7.03. The van der Waals surface area contributed by atoms with Crippen LogP contribution in [0.3, 0.4) is 0 Å². The maximum atomic E-state index is 11.5. The fourth-order valence-corrected chi connectivity index (χ4v) is 3.80. The number of sulfone groups is 1. The molecule has 0 heterocycles. The van der Waals surface area contributed by atoms with E-state index in [0.717, 1.165) is 20.2 Å². The summed E-state index contributed by atoms with van der Waals surface area (Å²) in [5.74, 6) is 0. The summed E-state index contributed by atoms with van der Waals surface area (Å²) in [6.07, 6.45) is 1.21. The minimum absolute atomic E-state index is 0.0496. The molecular formula is C15H15Br2NO2S. The molecule has 0 bridgehead atoms. The lowest BCUT2D eigenvalue weighted by Crippen LogP contribution is -2.08. The topological polar surface area (TPSA) is 46.2 Å². The second kappa shape index (κ2) is 6.50. The number of halogens is 2. The van der Waals surface area contributed by atoms with E-state index in [0.29, 0.717) is 4.90 Å². The van der Waals surface area contributed by atoms with E-state index in [1.807, 2.05) is 37.3 Å². The molecule has 2 rings (SSSR count). The second-order valence-corrected chi connectivity index (χ2v) is 8.53. The van der Waals surface area contributed by atoms with Crippen molar-refractivity contribution in [3.63, 3.8) is 0 Å². The van der Waals surface area contributed by atoms with Gasteiger partial charge in [0.1, 0.15) is 0 Å². The number of rotatable bonds is 4. The highest BCUT2D eigenvalue weighted by atomic mass is 79.9. The predicted octanol–water partition coefficient (Wildman–Crippen LogP) is 4.79. The molecule has 0 aliphatic rings. The lowest BCUT2D eigenvalue weighted by molar-refractivity contribution is 0.602. The normalized spacial score (nSPS) is 13.0. The van der Waals surface area contributed by atoms with Crippen molar-refractivity contribution in [3.05, 3.63) is 57.0 Å². The summed E-state index contributed by atoms with van der Waals surface area (Å²) in [5, 5.41) is 3.41. The molecule has 0 aromatic heterocycles. The third-order valence-electron chi connectivity index (χ3n) is 3.13. The lowest BCUT2D eigenvalue weighted by atomic mass is 10.1. The van der Waals surface area contributed by atoms with Crippen LogP contribution in [0.2, 0.25) is 0 Å². The molecule has 1 unspecified atom stereocenters. The van der Waals surface area contributed by atoms with Crippen molar-refractivity contribution in [3.8, 4) is 0 Å². The minimum atomic E-state index is -3.15. The summed E-state index contributed by atoms with van der Waals surface area (Å²) in [7, 11) is -3.15. The van der Waals surface area contributed by atoms with Crippen LogP contribution in [0.15, 0.2) is 56.3 Å². The molecule has 2 aromatic rings. The van der Waals surface area contributed by atoms with Gasteiger partial charge in [-0.3, -0.25) is 0 Å². The van der Waals surface area contributed by atoms with Gasteiger partial charge in [-0.1, -0.05) is 18.2 Å². The van der Waals surface area contributed by atoms with E-state index in [1.165, 1.54) is 6.26 Å². The Bertz CT molecular complexity index is 723. The number of nitrogens with one attached hydrogen (secondary N) is 1. The SMILES string of the molecule is CC(Nc1c(Br)cccc1Br)c1ccc(S(C)(=O)=O)cc1. The van der Waals surface area contributed by atoms with Crippen molar-refractivity contribution < 1.29 is 8.42 Å². The predicted molar refractivity (Wildman–Crippen MR) is 93.4 cm³/mol. The van der Waals surface area contributed by atoms with Gasteiger partial charge in [-0.05, 0) is 68.6 Å². The third kappa shape index (κ3) is 4.08. The van der Waals surface area contributed by atoms with Gasteiger partial charge in [0.15, 0.2) is 9.84 Å². The Morgan fingerprint density at radius 1 is 1.00 bits per heavy atom. The Morgan fingerprint density at radius 3 is 2.00 bits per heavy atom. The van der Waals surface area contributed by atoms with Gasteiger partial charge < -0.3 is 5.32 Å². The summed E-state index contributed by atoms with van der Waals surface area (Å²) in [6.45, 7) is 2.03. The average molecular weight is 433 g/mol. The van der Waals surface area contributed by atoms with Crippen molar-refractivity contribution in [2.75, 3.05) is 11.6 Å². The summed E-state index contributed by atoms with van der Waals surface area (Å²) < 4.78 is 24.9. The zero-order valence-electron chi connectivity index (χ0n) is 11.6. The maximum absolute atomic E-state index is 11.5. The number of benzene rings is 2. The molecule has 2 aromatic carbocycles. The molecule has 1 N–H and O–H groups in total. The summed E-state index contributed by atoms with van der Waals surface area (Å²) in [4.78, 5) is 0.334. The Morgan fingerprint density at radius 2 is 1.52 bits per heavy atom. The first-order valence-corrected chi connectivity index (χ1v) is 9.77. The van der Waals surface area contributed by atoms with Crippen LogP contribution >= 0.6 is 31.9 Å². The van der Waals surface area contributed by atoms with E-state index in [2.05, 4.69) is 37.2 Å². The first kappa shape index (κ1) is 16.5. The van der Waals surface area contributed by atoms with E-state index in [1.54, 1.807) is 12.1 Å². The van der Waals surface area contributed by atoms with Crippen LogP contribution in [-0.4, -0.2) is 14.7 Å². The molecule has 3 nitrogen and oxygen atoms in total. The first-order valence-electron chi connectivity index (χ1n) is 6.29. The molecule has 0 saturated heterocycles. The van der Waals surface area contributed by atoms with E-state index >= 15 is 0 Å². The molecule has 21 heavy (non-hydrogen) atoms. The highest BCUT2D eigenvalue weighted by Gasteiger charge is 2.12. The van der Waals surface area contributed by atoms with Gasteiger partial charge in [0, 0.05) is 21.2 Å². The zero-order chi connectivity index (χ0) is 15.6. The molecule has 0 aliphatic carbocycles. The van der Waals surface area contributed by atoms with Crippen LogP contribution in [0.25, 0.3) is 0 Å². The highest BCUT2D eigenvalue weighted by molar-refractivity contribution is 9.11. The Labute approximate surface area is 141 Å². The van der Waals surface area contributed by atoms with Crippen molar-refractivity contribution in [1.29, 1.82) is 0 Å². The van der Waals surface area contributed by atoms with Crippen LogP contribution in [0.5, 0.6) is 0 Å². The van der Waals surface area contributed by atoms with E-state index < -0.39 is 9.84 Å². The molecule has 0 saturated carbocycles. The third-order valence-corrected chi connectivity index (χ3v) is 5.58. The van der Waals surface area contributed by atoms with Crippen molar-refractivity contribution >= 4 is 47.4 Å². The zero-order valence-corrected chi connectivity index (χ0v) is 15.6. The molecule has 0 radical (unpaired) electrons. The second-order valence-electron chi connectivity index (χ2n) is 4.80. The number of hydrogen-bond donors (Lipinski definition) is 1. The highest BCUT2D eigenvalue weighted by Crippen LogP contribution is 2.33. The van der Waals surface area contributed by atoms with Gasteiger partial charge in [-0.15, -0.1) is 0 Å². The van der Waals surface area contributed by atoms with Crippen LogP contribution in [-0.2, 0) is 9.84 Å². The standard InChI is InChI=1S/C15H15Br2NO2S/c1-10(18-15-13(16)4-3-5-14(15)17)11-6-8-12(9-7-11)21(2,19)20/h3-10,18H,1-2H3. The summed E-state index contributed by atoms with van der Waals surface area (Å²) in [5.41, 5.74) is 1.99. The van der Waals surface area contributed by atoms with Crippen molar-refractivity contribution in [2.45, 2.75) is 17.9 Å². The van der Waals surface area contributed by atoms with Crippen LogP contribution in [0, 0.1) is 0 Å². The largest absolute Gasteiger partial charge is 0.377 e. The van der Waals surface area contributed by atoms with Gasteiger partial charge in [0.05, 0.1) is 10.6 Å². The van der Waals surface area contributed by atoms with Gasteiger partial charge in [-0.2, -0.15) is 0 Å². The van der Waals surface area contributed by atoms with Gasteiger partial charge >= 0.3 is 0 Å². The Kier molecular flexibility index (Phi) is 5.11. The monoisotopic (exact) mass is 431 g/mol.